The summed E-state index contributed by atoms with van der Waals surface area (Å²) in [4.78, 5) is 14.9. The molecule has 2 aromatic carbocycles. The van der Waals surface area contributed by atoms with E-state index < -0.39 is 40.7 Å². The molecule has 0 atom stereocenters. The van der Waals surface area contributed by atoms with Gasteiger partial charge in [-0.05, 0) is 18.2 Å². The minimum Gasteiger partial charge on any atom is -0.363 e. The Balaban J connectivity index is 1.80. The van der Waals surface area contributed by atoms with E-state index in [2.05, 4.69) is 0 Å². The first-order valence-corrected chi connectivity index (χ1v) is 8.48. The summed E-state index contributed by atoms with van der Waals surface area (Å²) in [6.45, 7) is -0.243. The van der Waals surface area contributed by atoms with Gasteiger partial charge in [-0.2, -0.15) is 0 Å². The van der Waals surface area contributed by atoms with Crippen molar-refractivity contribution in [2.45, 2.75) is 0 Å². The Kier molecular flexibility index (Phi) is 5.48. The first-order valence-electron chi connectivity index (χ1n) is 7.73. The number of amides is 1. The normalized spacial score (nSPS) is 14.6. The maximum absolute atomic E-state index is 13.9. The summed E-state index contributed by atoms with van der Waals surface area (Å²) in [5.74, 6) is -10.5. The highest BCUT2D eigenvalue weighted by atomic mass is 35.5. The molecular weight excluding hydrogens is 414 g/mol. The minimum atomic E-state index is -2.21. The number of piperazine rings is 1. The smallest absolute Gasteiger partial charge is 0.255 e. The number of halogens is 7. The number of hydrogen-bond donors (Lipinski definition) is 0. The van der Waals surface area contributed by atoms with E-state index in [1.165, 1.54) is 23.1 Å². The van der Waals surface area contributed by atoms with Gasteiger partial charge in [0.15, 0.2) is 23.3 Å². The lowest BCUT2D eigenvalue weighted by Gasteiger charge is -2.36. The van der Waals surface area contributed by atoms with Crippen molar-refractivity contribution in [2.75, 3.05) is 31.1 Å². The molecule has 1 amide bonds. The van der Waals surface area contributed by atoms with E-state index in [0.29, 0.717) is 5.02 Å². The van der Waals surface area contributed by atoms with E-state index in [4.69, 9.17) is 23.2 Å². The number of rotatable bonds is 2. The molecule has 10 heteroatoms. The van der Waals surface area contributed by atoms with Gasteiger partial charge in [0.2, 0.25) is 5.82 Å². The van der Waals surface area contributed by atoms with Crippen LogP contribution in [0.3, 0.4) is 0 Å². The number of anilines is 1. The highest BCUT2D eigenvalue weighted by Crippen LogP contribution is 2.31. The van der Waals surface area contributed by atoms with Crippen LogP contribution in [0.5, 0.6) is 0 Å². The van der Waals surface area contributed by atoms with Gasteiger partial charge >= 0.3 is 0 Å². The Morgan fingerprint density at radius 2 is 1.33 bits per heavy atom. The lowest BCUT2D eigenvalue weighted by molar-refractivity contribution is 0.0746. The molecule has 27 heavy (non-hydrogen) atoms. The zero-order valence-corrected chi connectivity index (χ0v) is 15.0. The summed E-state index contributed by atoms with van der Waals surface area (Å²) in [7, 11) is 0. The predicted octanol–water partition coefficient (Wildman–Crippen LogP) is 4.65. The van der Waals surface area contributed by atoms with E-state index in [9.17, 15) is 26.7 Å². The SMILES string of the molecule is O=C(c1cc(Cl)ccc1Cl)N1CCN(c2c(F)c(F)c(F)c(F)c2F)CC1. The lowest BCUT2D eigenvalue weighted by Crippen LogP contribution is -2.49. The molecule has 144 valence electrons. The third kappa shape index (κ3) is 3.55. The molecule has 0 N–H and O–H groups in total. The highest BCUT2D eigenvalue weighted by molar-refractivity contribution is 6.35. The molecule has 0 aromatic heterocycles. The summed E-state index contributed by atoms with van der Waals surface area (Å²) in [6, 6.07) is 4.37. The van der Waals surface area contributed by atoms with Crippen LogP contribution in [0.2, 0.25) is 10.0 Å². The van der Waals surface area contributed by atoms with Gasteiger partial charge in [0, 0.05) is 31.2 Å². The maximum atomic E-state index is 13.9. The fraction of sp³-hybridized carbons (Fsp3) is 0.235. The van der Waals surface area contributed by atoms with Crippen LogP contribution in [0.4, 0.5) is 27.6 Å². The number of nitrogens with zero attached hydrogens (tertiary/aromatic N) is 2. The van der Waals surface area contributed by atoms with Crippen molar-refractivity contribution in [1.82, 2.24) is 4.90 Å². The van der Waals surface area contributed by atoms with Crippen molar-refractivity contribution in [3.05, 3.63) is 62.9 Å². The molecule has 1 aliphatic rings. The summed E-state index contributed by atoms with van der Waals surface area (Å²) < 4.78 is 67.8. The molecule has 1 saturated heterocycles. The highest BCUT2D eigenvalue weighted by Gasteiger charge is 2.32. The fourth-order valence-corrected chi connectivity index (χ4v) is 3.21. The van der Waals surface area contributed by atoms with Gasteiger partial charge in [0.05, 0.1) is 10.6 Å². The second-order valence-electron chi connectivity index (χ2n) is 5.82. The van der Waals surface area contributed by atoms with Crippen LogP contribution in [0.15, 0.2) is 18.2 Å². The summed E-state index contributed by atoms with van der Waals surface area (Å²) in [6.07, 6.45) is 0. The van der Waals surface area contributed by atoms with Crippen LogP contribution in [0, 0.1) is 29.1 Å². The Morgan fingerprint density at radius 3 is 1.89 bits per heavy atom. The average Bonchev–Trinajstić information content (AvgIpc) is 2.67. The van der Waals surface area contributed by atoms with E-state index in [1.54, 1.807) is 0 Å². The monoisotopic (exact) mass is 424 g/mol. The Bertz CT molecular complexity index is 888. The van der Waals surface area contributed by atoms with Crippen LogP contribution in [-0.4, -0.2) is 37.0 Å². The molecule has 3 rings (SSSR count). The average molecular weight is 425 g/mol. The Labute approximate surface area is 160 Å². The van der Waals surface area contributed by atoms with Crippen LogP contribution in [-0.2, 0) is 0 Å². The van der Waals surface area contributed by atoms with Crippen molar-refractivity contribution in [3.63, 3.8) is 0 Å². The number of carbonyl (C=O) groups excluding carboxylic acids is 1. The quantitative estimate of drug-likeness (QED) is 0.398. The van der Waals surface area contributed by atoms with Crippen molar-refractivity contribution < 1.29 is 26.7 Å². The van der Waals surface area contributed by atoms with Crippen LogP contribution < -0.4 is 4.90 Å². The second-order valence-corrected chi connectivity index (χ2v) is 6.67. The molecule has 0 unspecified atom stereocenters. The molecule has 2 aromatic rings. The molecule has 0 bridgehead atoms. The van der Waals surface area contributed by atoms with Gasteiger partial charge < -0.3 is 9.80 Å². The summed E-state index contributed by atoms with van der Waals surface area (Å²) in [5.41, 5.74) is -0.840. The first kappa shape index (κ1) is 19.7. The summed E-state index contributed by atoms with van der Waals surface area (Å²) in [5, 5.41) is 0.495. The molecular formula is C17H11Cl2F5N2O. The van der Waals surface area contributed by atoms with E-state index in [0.717, 1.165) is 4.90 Å². The fourth-order valence-electron chi connectivity index (χ4n) is 2.84. The third-order valence-electron chi connectivity index (χ3n) is 4.23. The standard InChI is InChI=1S/C17H11Cl2F5N2O/c18-8-1-2-10(19)9(7-8)17(27)26-5-3-25(4-6-26)16-14(23)12(21)11(20)13(22)15(16)24/h1-2,7H,3-6H2. The maximum Gasteiger partial charge on any atom is 0.255 e. The van der Waals surface area contributed by atoms with Crippen LogP contribution in [0.25, 0.3) is 0 Å². The molecule has 0 saturated carbocycles. The van der Waals surface area contributed by atoms with Crippen molar-refractivity contribution in [1.29, 1.82) is 0 Å². The zero-order chi connectivity index (χ0) is 19.9. The van der Waals surface area contributed by atoms with Gasteiger partial charge in [-0.25, -0.2) is 22.0 Å². The van der Waals surface area contributed by atoms with Gasteiger partial charge in [0.1, 0.15) is 5.69 Å². The first-order chi connectivity index (χ1) is 12.7. The predicted molar refractivity (Wildman–Crippen MR) is 90.8 cm³/mol. The van der Waals surface area contributed by atoms with Crippen molar-refractivity contribution in [3.8, 4) is 0 Å². The van der Waals surface area contributed by atoms with Crippen molar-refractivity contribution >= 4 is 34.8 Å². The molecule has 0 aliphatic carbocycles. The van der Waals surface area contributed by atoms with E-state index in [1.807, 2.05) is 0 Å². The van der Waals surface area contributed by atoms with Crippen molar-refractivity contribution in [2.24, 2.45) is 0 Å². The second kappa shape index (κ2) is 7.52. The lowest BCUT2D eigenvalue weighted by atomic mass is 10.1. The third-order valence-corrected chi connectivity index (χ3v) is 4.79. The number of hydrogen-bond acceptors (Lipinski definition) is 2. The van der Waals surface area contributed by atoms with Gasteiger partial charge in [-0.1, -0.05) is 23.2 Å². The molecule has 0 radical (unpaired) electrons. The van der Waals surface area contributed by atoms with E-state index in [-0.39, 0.29) is 36.8 Å². The molecule has 1 heterocycles. The van der Waals surface area contributed by atoms with Gasteiger partial charge in [0.25, 0.3) is 5.91 Å². The minimum absolute atomic E-state index is 0.00116. The largest absolute Gasteiger partial charge is 0.363 e. The Hall–Kier alpha value is -2.06. The Morgan fingerprint density at radius 1 is 0.815 bits per heavy atom. The molecule has 1 aliphatic heterocycles. The zero-order valence-electron chi connectivity index (χ0n) is 13.5. The van der Waals surface area contributed by atoms with Crippen LogP contribution in [0.1, 0.15) is 10.4 Å². The van der Waals surface area contributed by atoms with Gasteiger partial charge in [-0.3, -0.25) is 4.79 Å². The molecule has 0 spiro atoms. The topological polar surface area (TPSA) is 23.6 Å². The number of carbonyl (C=O) groups is 1. The molecule has 3 nitrogen and oxygen atoms in total. The summed E-state index contributed by atoms with van der Waals surface area (Å²) >= 11 is 11.8. The van der Waals surface area contributed by atoms with E-state index >= 15 is 0 Å². The van der Waals surface area contributed by atoms with Gasteiger partial charge in [-0.15, -0.1) is 0 Å². The van der Waals surface area contributed by atoms with Crippen LogP contribution >= 0.6 is 23.2 Å². The molecule has 1 fully saturated rings. The number of benzene rings is 2.